The molecule has 1 aromatic rings. The van der Waals surface area contributed by atoms with Crippen LogP contribution in [0.1, 0.15) is 5.56 Å². The lowest BCUT2D eigenvalue weighted by Crippen LogP contribution is -2.11. The summed E-state index contributed by atoms with van der Waals surface area (Å²) in [6.45, 7) is 0. The predicted octanol–water partition coefficient (Wildman–Crippen LogP) is 1.09. The highest BCUT2D eigenvalue weighted by molar-refractivity contribution is 8.75. The van der Waals surface area contributed by atoms with Crippen LogP contribution in [0, 0.1) is 0 Å². The average Bonchev–Trinajstić information content (AvgIpc) is 2.03. The molecular weight excluding hydrogens is 248 g/mol. The third-order valence-electron chi connectivity index (χ3n) is 1.49. The van der Waals surface area contributed by atoms with Crippen molar-refractivity contribution in [3.63, 3.8) is 0 Å². The molecule has 4 nitrogen and oxygen atoms in total. The van der Waals surface area contributed by atoms with E-state index < -0.39 is 22.7 Å². The third kappa shape index (κ3) is 2.70. The van der Waals surface area contributed by atoms with Crippen molar-refractivity contribution >= 4 is 27.6 Å². The summed E-state index contributed by atoms with van der Waals surface area (Å²) >= 11 is 0. The molecule has 0 bridgehead atoms. The van der Waals surface area contributed by atoms with Crippen molar-refractivity contribution in [2.24, 2.45) is 0 Å². The standard InChI is InChI=1S/C7H7ClO4S2/c8-14(11,12)13(9,10)6-7-4-2-1-3-5-7/h1-5H,6H2. The van der Waals surface area contributed by atoms with Crippen LogP contribution in [0.5, 0.6) is 0 Å². The fourth-order valence-corrected chi connectivity index (χ4v) is 2.82. The molecule has 0 atom stereocenters. The van der Waals surface area contributed by atoms with Crippen LogP contribution in [0.15, 0.2) is 30.3 Å². The summed E-state index contributed by atoms with van der Waals surface area (Å²) in [6.07, 6.45) is 0. The van der Waals surface area contributed by atoms with Gasteiger partial charge in [-0.1, -0.05) is 30.3 Å². The number of hydrogen-bond donors (Lipinski definition) is 0. The van der Waals surface area contributed by atoms with Crippen LogP contribution in [0.2, 0.25) is 0 Å². The maximum absolute atomic E-state index is 11.1. The van der Waals surface area contributed by atoms with E-state index in [4.69, 9.17) is 10.7 Å². The minimum atomic E-state index is -4.56. The summed E-state index contributed by atoms with van der Waals surface area (Å²) in [5.74, 6) is -0.598. The molecule has 0 unspecified atom stereocenters. The van der Waals surface area contributed by atoms with Crippen LogP contribution in [0.25, 0.3) is 0 Å². The lowest BCUT2D eigenvalue weighted by atomic mass is 10.2. The molecule has 78 valence electrons. The quantitative estimate of drug-likeness (QED) is 0.598. The zero-order valence-corrected chi connectivity index (χ0v) is 9.31. The zero-order valence-electron chi connectivity index (χ0n) is 6.92. The summed E-state index contributed by atoms with van der Waals surface area (Å²) in [5, 5.41) is 0. The second-order valence-corrected chi connectivity index (χ2v) is 9.38. The molecule has 0 aliphatic carbocycles. The molecule has 0 saturated carbocycles. The van der Waals surface area contributed by atoms with E-state index in [1.54, 1.807) is 18.2 Å². The Balaban J connectivity index is 3.03. The van der Waals surface area contributed by atoms with Crippen LogP contribution in [-0.4, -0.2) is 16.8 Å². The van der Waals surface area contributed by atoms with Crippen molar-refractivity contribution in [2.45, 2.75) is 5.75 Å². The summed E-state index contributed by atoms with van der Waals surface area (Å²) < 4.78 is 43.5. The number of halogens is 1. The molecular formula is C7H7ClO4S2. The van der Waals surface area contributed by atoms with E-state index in [0.29, 0.717) is 5.56 Å². The first kappa shape index (κ1) is 11.5. The summed E-state index contributed by atoms with van der Waals surface area (Å²) in [6, 6.07) is 7.96. The summed E-state index contributed by atoms with van der Waals surface area (Å²) in [4.78, 5) is 0. The molecule has 0 aromatic heterocycles. The van der Waals surface area contributed by atoms with E-state index in [-0.39, 0.29) is 0 Å². The van der Waals surface area contributed by atoms with Crippen molar-refractivity contribution in [3.05, 3.63) is 35.9 Å². The smallest absolute Gasteiger partial charge is 0.211 e. The normalized spacial score (nSPS) is 12.6. The molecule has 1 aromatic carbocycles. The Hall–Kier alpha value is -0.590. The van der Waals surface area contributed by atoms with Gasteiger partial charge in [0.1, 0.15) is 0 Å². The van der Waals surface area contributed by atoms with Gasteiger partial charge >= 0.3 is 8.08 Å². The highest BCUT2D eigenvalue weighted by Gasteiger charge is 2.27. The second-order valence-electron chi connectivity index (χ2n) is 2.58. The summed E-state index contributed by atoms with van der Waals surface area (Å²) in [5.41, 5.74) is 0.386. The summed E-state index contributed by atoms with van der Waals surface area (Å²) in [7, 11) is -4.11. The molecule has 0 N–H and O–H groups in total. The lowest BCUT2D eigenvalue weighted by Gasteiger charge is -1.99. The van der Waals surface area contributed by atoms with E-state index in [1.807, 2.05) is 0 Å². The van der Waals surface area contributed by atoms with E-state index in [9.17, 15) is 16.8 Å². The topological polar surface area (TPSA) is 68.3 Å². The Kier molecular flexibility index (Phi) is 3.18. The molecule has 1 rings (SSSR count). The van der Waals surface area contributed by atoms with Crippen molar-refractivity contribution in [3.8, 4) is 0 Å². The Morgan fingerprint density at radius 3 is 1.93 bits per heavy atom. The molecule has 0 aliphatic heterocycles. The van der Waals surface area contributed by atoms with Gasteiger partial charge in [-0.05, 0) is 5.56 Å². The van der Waals surface area contributed by atoms with Gasteiger partial charge in [-0.25, -0.2) is 8.42 Å². The number of rotatable bonds is 3. The van der Waals surface area contributed by atoms with E-state index in [2.05, 4.69) is 0 Å². The predicted molar refractivity (Wildman–Crippen MR) is 53.8 cm³/mol. The number of benzene rings is 1. The molecule has 0 saturated heterocycles. The molecule has 0 heterocycles. The maximum Gasteiger partial charge on any atom is 0.337 e. The zero-order chi connectivity index (χ0) is 10.8. The van der Waals surface area contributed by atoms with Crippen LogP contribution in [-0.2, 0) is 22.7 Å². The van der Waals surface area contributed by atoms with Gasteiger partial charge in [0.2, 0.25) is 0 Å². The van der Waals surface area contributed by atoms with E-state index >= 15 is 0 Å². The minimum Gasteiger partial charge on any atom is -0.211 e. The first-order chi connectivity index (χ1) is 6.33. The van der Waals surface area contributed by atoms with Crippen molar-refractivity contribution in [1.82, 2.24) is 0 Å². The van der Waals surface area contributed by atoms with Crippen LogP contribution < -0.4 is 0 Å². The van der Waals surface area contributed by atoms with Gasteiger partial charge in [-0.3, -0.25) is 0 Å². The second kappa shape index (κ2) is 3.88. The Labute approximate surface area is 86.3 Å². The fourth-order valence-electron chi connectivity index (χ4n) is 0.849. The molecule has 0 aliphatic rings. The molecule has 14 heavy (non-hydrogen) atoms. The molecule has 0 fully saturated rings. The Morgan fingerprint density at radius 2 is 1.50 bits per heavy atom. The highest BCUT2D eigenvalue weighted by atomic mass is 35.8. The van der Waals surface area contributed by atoms with E-state index in [0.717, 1.165) is 0 Å². The molecule has 0 spiro atoms. The SMILES string of the molecule is O=S(=O)(Cl)S(=O)(=O)Cc1ccccc1. The average molecular weight is 255 g/mol. The third-order valence-corrected chi connectivity index (χ3v) is 6.68. The van der Waals surface area contributed by atoms with Gasteiger partial charge in [-0.15, -0.1) is 0 Å². The van der Waals surface area contributed by atoms with Gasteiger partial charge in [0.05, 0.1) is 5.75 Å². The molecule has 0 radical (unpaired) electrons. The lowest BCUT2D eigenvalue weighted by molar-refractivity contribution is 0.589. The van der Waals surface area contributed by atoms with Gasteiger partial charge in [0, 0.05) is 10.7 Å². The van der Waals surface area contributed by atoms with Gasteiger partial charge in [-0.2, -0.15) is 8.42 Å². The fraction of sp³-hybridized carbons (Fsp3) is 0.143. The largest absolute Gasteiger partial charge is 0.337 e. The highest BCUT2D eigenvalue weighted by Crippen LogP contribution is 2.15. The number of hydrogen-bond acceptors (Lipinski definition) is 4. The van der Waals surface area contributed by atoms with Crippen LogP contribution in [0.4, 0.5) is 0 Å². The minimum absolute atomic E-state index is 0.386. The van der Waals surface area contributed by atoms with Crippen molar-refractivity contribution in [1.29, 1.82) is 0 Å². The van der Waals surface area contributed by atoms with Crippen molar-refractivity contribution < 1.29 is 16.8 Å². The maximum atomic E-state index is 11.1. The van der Waals surface area contributed by atoms with Gasteiger partial charge < -0.3 is 0 Å². The first-order valence-corrected chi connectivity index (χ1v) is 8.02. The van der Waals surface area contributed by atoms with Crippen LogP contribution >= 0.6 is 10.7 Å². The Morgan fingerprint density at radius 1 is 1.00 bits per heavy atom. The monoisotopic (exact) mass is 254 g/mol. The van der Waals surface area contributed by atoms with E-state index in [1.165, 1.54) is 12.1 Å². The molecule has 0 amide bonds. The van der Waals surface area contributed by atoms with Crippen LogP contribution in [0.3, 0.4) is 0 Å². The van der Waals surface area contributed by atoms with Crippen molar-refractivity contribution in [2.75, 3.05) is 0 Å². The first-order valence-electron chi connectivity index (χ1n) is 3.54. The molecule has 7 heteroatoms. The van der Waals surface area contributed by atoms with Gasteiger partial charge in [0.25, 0.3) is 8.87 Å². The Bertz CT molecular complexity index is 504. The van der Waals surface area contributed by atoms with Gasteiger partial charge in [0.15, 0.2) is 0 Å².